The van der Waals surface area contributed by atoms with Gasteiger partial charge in [-0.15, -0.1) is 0 Å². The predicted molar refractivity (Wildman–Crippen MR) is 91.6 cm³/mol. The number of benzene rings is 1. The molecule has 2 heterocycles. The molecule has 8 heteroatoms. The summed E-state index contributed by atoms with van der Waals surface area (Å²) in [6.07, 6.45) is 0. The molecule has 0 radical (unpaired) electrons. The number of hydrogen-bond acceptors (Lipinski definition) is 5. The fraction of sp³-hybridized carbons (Fsp3) is 0.312. The third-order valence-corrected chi connectivity index (χ3v) is 4.49. The third kappa shape index (κ3) is 3.38. The van der Waals surface area contributed by atoms with Crippen LogP contribution in [0.25, 0.3) is 11.0 Å². The molecule has 1 aliphatic rings. The van der Waals surface area contributed by atoms with Crippen LogP contribution in [0.15, 0.2) is 40.7 Å². The minimum atomic E-state index is -0.419. The van der Waals surface area contributed by atoms with Gasteiger partial charge >= 0.3 is 12.0 Å². The van der Waals surface area contributed by atoms with Gasteiger partial charge in [0.2, 0.25) is 0 Å². The van der Waals surface area contributed by atoms with E-state index in [1.54, 1.807) is 13.8 Å². The van der Waals surface area contributed by atoms with Crippen molar-refractivity contribution in [1.29, 1.82) is 0 Å². The zero-order valence-electron chi connectivity index (χ0n) is 13.4. The maximum absolute atomic E-state index is 12.2. The number of fused-ring (bicyclic) bond motifs is 1. The van der Waals surface area contributed by atoms with Gasteiger partial charge in [0, 0.05) is 11.4 Å². The van der Waals surface area contributed by atoms with Gasteiger partial charge in [-0.25, -0.2) is 14.6 Å². The summed E-state index contributed by atoms with van der Waals surface area (Å²) in [4.78, 5) is 31.6. The van der Waals surface area contributed by atoms with Crippen LogP contribution in [-0.2, 0) is 9.53 Å². The molecule has 2 aromatic rings. The number of nitrogens with one attached hydrogen (secondary N) is 3. The van der Waals surface area contributed by atoms with Crippen LogP contribution >= 0.6 is 11.8 Å². The van der Waals surface area contributed by atoms with E-state index in [4.69, 9.17) is 4.74 Å². The van der Waals surface area contributed by atoms with E-state index in [-0.39, 0.29) is 12.6 Å². The van der Waals surface area contributed by atoms with Crippen molar-refractivity contribution in [2.75, 3.05) is 12.4 Å². The summed E-state index contributed by atoms with van der Waals surface area (Å²) in [6.45, 7) is 3.80. The van der Waals surface area contributed by atoms with E-state index in [0.29, 0.717) is 17.0 Å². The van der Waals surface area contributed by atoms with E-state index >= 15 is 0 Å². The van der Waals surface area contributed by atoms with Crippen molar-refractivity contribution >= 4 is 34.8 Å². The largest absolute Gasteiger partial charge is 0.463 e. The number of urea groups is 1. The summed E-state index contributed by atoms with van der Waals surface area (Å²) in [5.41, 5.74) is 2.82. The van der Waals surface area contributed by atoms with Gasteiger partial charge in [-0.3, -0.25) is 0 Å². The molecule has 0 fully saturated rings. The number of carbonyl (C=O) groups is 2. The van der Waals surface area contributed by atoms with Crippen molar-refractivity contribution in [3.05, 3.63) is 35.5 Å². The second-order valence-corrected chi connectivity index (χ2v) is 6.24. The number of amides is 2. The number of H-pyrrole nitrogens is 1. The lowest BCUT2D eigenvalue weighted by molar-refractivity contribution is -0.138. The standard InChI is InChI=1S/C16H18N4O3S/c1-3-23-14(21)13-9(2)17-15(22)18-12(13)8-24-16-19-10-6-4-5-7-11(10)20-16/h4-7,9H,3,8H2,1-2H3,(H,19,20)(H2,17,18,22)/t9-/m1/s1. The van der Waals surface area contributed by atoms with Gasteiger partial charge in [-0.05, 0) is 26.0 Å². The predicted octanol–water partition coefficient (Wildman–Crippen LogP) is 2.17. The number of esters is 1. The molecule has 1 atom stereocenters. The first kappa shape index (κ1) is 16.4. The molecule has 126 valence electrons. The molecule has 3 rings (SSSR count). The van der Waals surface area contributed by atoms with Gasteiger partial charge in [0.25, 0.3) is 0 Å². The van der Waals surface area contributed by atoms with E-state index < -0.39 is 12.0 Å². The van der Waals surface area contributed by atoms with Gasteiger partial charge in [-0.2, -0.15) is 0 Å². The van der Waals surface area contributed by atoms with Gasteiger partial charge in [0.05, 0.1) is 29.3 Å². The van der Waals surface area contributed by atoms with Crippen LogP contribution in [0.5, 0.6) is 0 Å². The maximum Gasteiger partial charge on any atom is 0.337 e. The Morgan fingerprint density at radius 1 is 1.38 bits per heavy atom. The molecule has 0 aliphatic carbocycles. The molecule has 0 bridgehead atoms. The number of imidazole rings is 1. The molecule has 1 aliphatic heterocycles. The highest BCUT2D eigenvalue weighted by molar-refractivity contribution is 7.99. The Balaban J connectivity index is 1.82. The molecule has 0 spiro atoms. The first-order valence-electron chi connectivity index (χ1n) is 7.63. The zero-order chi connectivity index (χ0) is 17.1. The highest BCUT2D eigenvalue weighted by atomic mass is 32.2. The van der Waals surface area contributed by atoms with Crippen molar-refractivity contribution in [3.8, 4) is 0 Å². The Morgan fingerprint density at radius 2 is 2.17 bits per heavy atom. The van der Waals surface area contributed by atoms with Crippen LogP contribution in [0.4, 0.5) is 4.79 Å². The second kappa shape index (κ2) is 6.96. The number of rotatable bonds is 5. The van der Waals surface area contributed by atoms with Crippen molar-refractivity contribution in [2.24, 2.45) is 0 Å². The number of nitrogens with zero attached hydrogens (tertiary/aromatic N) is 1. The summed E-state index contributed by atoms with van der Waals surface area (Å²) >= 11 is 1.42. The Kier molecular flexibility index (Phi) is 4.75. The Hall–Kier alpha value is -2.48. The van der Waals surface area contributed by atoms with E-state index in [1.165, 1.54) is 11.8 Å². The molecule has 0 saturated heterocycles. The average Bonchev–Trinajstić information content (AvgIpc) is 2.95. The van der Waals surface area contributed by atoms with Crippen molar-refractivity contribution < 1.29 is 14.3 Å². The summed E-state index contributed by atoms with van der Waals surface area (Å²) in [5.74, 6) is -0.0103. The lowest BCUT2D eigenvalue weighted by atomic mass is 10.1. The molecule has 24 heavy (non-hydrogen) atoms. The fourth-order valence-electron chi connectivity index (χ4n) is 2.53. The van der Waals surface area contributed by atoms with Crippen LogP contribution in [0.3, 0.4) is 0 Å². The average molecular weight is 346 g/mol. The summed E-state index contributed by atoms with van der Waals surface area (Å²) in [7, 11) is 0. The lowest BCUT2D eigenvalue weighted by Gasteiger charge is -2.26. The van der Waals surface area contributed by atoms with Crippen molar-refractivity contribution in [3.63, 3.8) is 0 Å². The molecule has 0 unspecified atom stereocenters. The fourth-order valence-corrected chi connectivity index (χ4v) is 3.39. The molecule has 3 N–H and O–H groups in total. The summed E-state index contributed by atoms with van der Waals surface area (Å²) < 4.78 is 5.10. The molecule has 0 saturated carbocycles. The van der Waals surface area contributed by atoms with E-state index in [2.05, 4.69) is 20.6 Å². The molecular weight excluding hydrogens is 328 g/mol. The van der Waals surface area contributed by atoms with Crippen LogP contribution in [0.1, 0.15) is 13.8 Å². The number of carbonyl (C=O) groups excluding carboxylic acids is 2. The van der Waals surface area contributed by atoms with Crippen molar-refractivity contribution in [1.82, 2.24) is 20.6 Å². The third-order valence-electron chi connectivity index (χ3n) is 3.59. The molecule has 1 aromatic carbocycles. The second-order valence-electron chi connectivity index (χ2n) is 5.28. The minimum absolute atomic E-state index is 0.285. The van der Waals surface area contributed by atoms with Gasteiger partial charge in [0.15, 0.2) is 5.16 Å². The number of thioether (sulfide) groups is 1. The molecular formula is C16H18N4O3S. The van der Waals surface area contributed by atoms with Crippen molar-refractivity contribution in [2.45, 2.75) is 25.0 Å². The molecule has 1 aromatic heterocycles. The van der Waals surface area contributed by atoms with Crippen LogP contribution < -0.4 is 10.6 Å². The highest BCUT2D eigenvalue weighted by Crippen LogP contribution is 2.24. The quantitative estimate of drug-likeness (QED) is 0.570. The van der Waals surface area contributed by atoms with Gasteiger partial charge < -0.3 is 20.4 Å². The number of aromatic nitrogens is 2. The van der Waals surface area contributed by atoms with Gasteiger partial charge in [-0.1, -0.05) is 23.9 Å². The van der Waals surface area contributed by atoms with E-state index in [0.717, 1.165) is 16.2 Å². The van der Waals surface area contributed by atoms with E-state index in [9.17, 15) is 9.59 Å². The van der Waals surface area contributed by atoms with Crippen LogP contribution in [-0.4, -0.2) is 40.4 Å². The smallest absolute Gasteiger partial charge is 0.337 e. The summed E-state index contributed by atoms with van der Waals surface area (Å²) in [6, 6.07) is 7.01. The lowest BCUT2D eigenvalue weighted by Crippen LogP contribution is -2.49. The molecule has 2 amide bonds. The highest BCUT2D eigenvalue weighted by Gasteiger charge is 2.29. The Bertz CT molecular complexity index is 782. The topological polar surface area (TPSA) is 96.1 Å². The van der Waals surface area contributed by atoms with E-state index in [1.807, 2.05) is 24.3 Å². The number of para-hydroxylation sites is 2. The molecule has 7 nitrogen and oxygen atoms in total. The number of aromatic amines is 1. The normalized spacial score (nSPS) is 17.6. The first-order chi connectivity index (χ1) is 11.6. The van der Waals surface area contributed by atoms with Crippen LogP contribution in [0.2, 0.25) is 0 Å². The minimum Gasteiger partial charge on any atom is -0.463 e. The monoisotopic (exact) mass is 346 g/mol. The Morgan fingerprint density at radius 3 is 2.92 bits per heavy atom. The van der Waals surface area contributed by atoms with Crippen LogP contribution in [0, 0.1) is 0 Å². The number of ether oxygens (including phenoxy) is 1. The van der Waals surface area contributed by atoms with Gasteiger partial charge in [0.1, 0.15) is 0 Å². The number of hydrogen-bond donors (Lipinski definition) is 3. The first-order valence-corrected chi connectivity index (χ1v) is 8.62. The Labute approximate surface area is 143 Å². The summed E-state index contributed by atoms with van der Waals surface area (Å²) in [5, 5.41) is 6.11. The SMILES string of the molecule is CCOC(=O)C1=C(CSc2nc3ccccc3[nH]2)NC(=O)N[C@@H]1C. The maximum atomic E-state index is 12.2. The zero-order valence-corrected chi connectivity index (χ0v) is 14.2.